The number of aryl methyl sites for hydroxylation is 3. The summed E-state index contributed by atoms with van der Waals surface area (Å²) in [7, 11) is 0. The van der Waals surface area contributed by atoms with Gasteiger partial charge in [-0.05, 0) is 74.4 Å². The van der Waals surface area contributed by atoms with Crippen LogP contribution >= 0.6 is 0 Å². The molecule has 4 aromatic rings. The highest BCUT2D eigenvalue weighted by Gasteiger charge is 2.30. The lowest BCUT2D eigenvalue weighted by Gasteiger charge is -2.08. The van der Waals surface area contributed by atoms with Gasteiger partial charge in [0, 0.05) is 41.3 Å². The first-order valence-electron chi connectivity index (χ1n) is 12.5. The minimum Gasteiger partial charge on any atom is -0.508 e. The molecular formula is C30H27N5O4. The van der Waals surface area contributed by atoms with Crippen molar-refractivity contribution in [3.8, 4) is 5.75 Å². The molecule has 9 nitrogen and oxygen atoms in total. The number of phenolic OH excluding ortho intramolecular Hbond substituents is 1. The molecule has 39 heavy (non-hydrogen) atoms. The number of carbonyl (C=O) groups excluding carboxylic acids is 3. The number of rotatable bonds is 7. The summed E-state index contributed by atoms with van der Waals surface area (Å²) < 4.78 is 1.64. The van der Waals surface area contributed by atoms with Crippen LogP contribution in [-0.2, 0) is 11.3 Å². The van der Waals surface area contributed by atoms with E-state index in [9.17, 15) is 19.5 Å². The molecule has 1 aromatic heterocycles. The normalized spacial score (nSPS) is 14.3. The number of nitrogens with one attached hydrogen (secondary N) is 2. The Hall–Kier alpha value is -5.05. The predicted octanol–water partition coefficient (Wildman–Crippen LogP) is 5.15. The number of anilines is 2. The van der Waals surface area contributed by atoms with Gasteiger partial charge in [0.25, 0.3) is 5.91 Å². The number of aliphatic imine (C=N–C) groups is 1. The Labute approximate surface area is 225 Å². The molecule has 2 amide bonds. The molecule has 0 radical (unpaired) electrons. The maximum Gasteiger partial charge on any atom is 0.273 e. The summed E-state index contributed by atoms with van der Waals surface area (Å²) in [6.45, 7) is 6.12. The van der Waals surface area contributed by atoms with Gasteiger partial charge in [0.2, 0.25) is 5.91 Å². The van der Waals surface area contributed by atoms with E-state index in [0.29, 0.717) is 40.4 Å². The van der Waals surface area contributed by atoms with Crippen molar-refractivity contribution < 1.29 is 19.5 Å². The van der Waals surface area contributed by atoms with Crippen LogP contribution in [0.5, 0.6) is 5.75 Å². The largest absolute Gasteiger partial charge is 0.508 e. The molecule has 0 aliphatic carbocycles. The van der Waals surface area contributed by atoms with E-state index in [4.69, 9.17) is 0 Å². The first-order valence-corrected chi connectivity index (χ1v) is 12.5. The molecule has 5 rings (SSSR count). The molecule has 0 bridgehead atoms. The van der Waals surface area contributed by atoms with Crippen molar-refractivity contribution >= 4 is 40.9 Å². The van der Waals surface area contributed by atoms with Gasteiger partial charge in [0.1, 0.15) is 17.4 Å². The smallest absolute Gasteiger partial charge is 0.273 e. The molecule has 1 aliphatic rings. The maximum atomic E-state index is 13.2. The zero-order valence-corrected chi connectivity index (χ0v) is 21.7. The summed E-state index contributed by atoms with van der Waals surface area (Å²) in [4.78, 5) is 42.8. The van der Waals surface area contributed by atoms with E-state index in [0.717, 1.165) is 16.8 Å². The average Bonchev–Trinajstić information content (AvgIpc) is 3.47. The summed E-state index contributed by atoms with van der Waals surface area (Å²) in [5.41, 5.74) is 5.22. The van der Waals surface area contributed by atoms with Gasteiger partial charge >= 0.3 is 0 Å². The second-order valence-corrected chi connectivity index (χ2v) is 9.37. The summed E-state index contributed by atoms with van der Waals surface area (Å²) in [6, 6.07) is 18.5. The fourth-order valence-corrected chi connectivity index (χ4v) is 4.45. The van der Waals surface area contributed by atoms with Crippen LogP contribution in [-0.4, -0.2) is 38.7 Å². The second kappa shape index (κ2) is 10.4. The molecule has 1 unspecified atom stereocenters. The number of carbonyl (C=O) groups is 3. The number of aromatic nitrogens is 2. The van der Waals surface area contributed by atoms with Gasteiger partial charge in [0.15, 0.2) is 5.78 Å². The lowest BCUT2D eigenvalue weighted by atomic mass is 9.97. The Morgan fingerprint density at radius 3 is 2.51 bits per heavy atom. The molecule has 3 N–H and O–H groups in total. The molecule has 9 heteroatoms. The van der Waals surface area contributed by atoms with E-state index in [-0.39, 0.29) is 23.3 Å². The van der Waals surface area contributed by atoms with Gasteiger partial charge in [0.05, 0.1) is 11.4 Å². The van der Waals surface area contributed by atoms with E-state index >= 15 is 0 Å². The highest BCUT2D eigenvalue weighted by atomic mass is 16.3. The summed E-state index contributed by atoms with van der Waals surface area (Å²) in [5.74, 6) is -1.20. The second-order valence-electron chi connectivity index (χ2n) is 9.37. The van der Waals surface area contributed by atoms with Crippen molar-refractivity contribution in [1.29, 1.82) is 0 Å². The van der Waals surface area contributed by atoms with Gasteiger partial charge in [-0.3, -0.25) is 24.1 Å². The Morgan fingerprint density at radius 1 is 1.05 bits per heavy atom. The van der Waals surface area contributed by atoms with E-state index in [1.165, 1.54) is 6.21 Å². The highest BCUT2D eigenvalue weighted by molar-refractivity contribution is 6.15. The zero-order valence-electron chi connectivity index (χ0n) is 21.7. The Balaban J connectivity index is 1.29. The number of amides is 2. The minimum atomic E-state index is -0.608. The lowest BCUT2D eigenvalue weighted by Crippen LogP contribution is -2.17. The van der Waals surface area contributed by atoms with Crippen molar-refractivity contribution in [2.24, 2.45) is 4.99 Å². The third-order valence-corrected chi connectivity index (χ3v) is 6.60. The third kappa shape index (κ3) is 5.19. The molecule has 1 aliphatic heterocycles. The third-order valence-electron chi connectivity index (χ3n) is 6.60. The molecule has 3 aromatic carbocycles. The van der Waals surface area contributed by atoms with E-state index < -0.39 is 5.92 Å². The number of fused-ring (bicyclic) bond motifs is 1. The van der Waals surface area contributed by atoms with Crippen molar-refractivity contribution in [3.05, 3.63) is 100 Å². The Bertz CT molecular complexity index is 1640. The number of aromatic hydroxyl groups is 1. The van der Waals surface area contributed by atoms with Crippen LogP contribution < -0.4 is 10.6 Å². The van der Waals surface area contributed by atoms with Gasteiger partial charge in [-0.15, -0.1) is 0 Å². The standard InChI is InChI=1S/C30H27N5O4/c1-4-35-26(13-18(3)34-35)30(39)32-21-10-6-19(7-11-21)28(37)20-8-12-23-24(29(38)33-25(23)14-20)16-31-22-9-5-17(2)27(36)15-22/h5-16,24,36H,4H2,1-3H3,(H,32,39)(H,33,38). The van der Waals surface area contributed by atoms with E-state index in [2.05, 4.69) is 20.7 Å². The topological polar surface area (TPSA) is 126 Å². The predicted molar refractivity (Wildman–Crippen MR) is 149 cm³/mol. The molecule has 0 spiro atoms. The number of phenols is 1. The molecule has 1 atom stereocenters. The van der Waals surface area contributed by atoms with Crippen molar-refractivity contribution in [1.82, 2.24) is 9.78 Å². The molecule has 196 valence electrons. The van der Waals surface area contributed by atoms with Gasteiger partial charge in [-0.25, -0.2) is 0 Å². The number of ketones is 1. The van der Waals surface area contributed by atoms with Gasteiger partial charge in [-0.1, -0.05) is 18.2 Å². The first kappa shape index (κ1) is 25.6. The van der Waals surface area contributed by atoms with E-state index in [1.807, 2.05) is 13.8 Å². The van der Waals surface area contributed by atoms with Crippen LogP contribution in [0.15, 0.2) is 71.7 Å². The average molecular weight is 522 g/mol. The Morgan fingerprint density at radius 2 is 1.79 bits per heavy atom. The van der Waals surface area contributed by atoms with Crippen molar-refractivity contribution in [3.63, 3.8) is 0 Å². The summed E-state index contributed by atoms with van der Waals surface area (Å²) in [5, 5.41) is 19.9. The highest BCUT2D eigenvalue weighted by Crippen LogP contribution is 2.33. The molecule has 0 fully saturated rings. The fourth-order valence-electron chi connectivity index (χ4n) is 4.45. The zero-order chi connectivity index (χ0) is 27.7. The first-order chi connectivity index (χ1) is 18.7. The van der Waals surface area contributed by atoms with Crippen molar-refractivity contribution in [2.75, 3.05) is 10.6 Å². The Kier molecular flexibility index (Phi) is 6.81. The SMILES string of the molecule is CCn1nc(C)cc1C(=O)Nc1ccc(C(=O)c2ccc3c(c2)NC(=O)C3C=Nc2ccc(C)c(O)c2)cc1. The fraction of sp³-hybridized carbons (Fsp3) is 0.167. The van der Waals surface area contributed by atoms with E-state index in [1.54, 1.807) is 78.3 Å². The van der Waals surface area contributed by atoms with Crippen LogP contribution in [0.2, 0.25) is 0 Å². The van der Waals surface area contributed by atoms with Gasteiger partial charge in [-0.2, -0.15) is 5.10 Å². The minimum absolute atomic E-state index is 0.138. The molecular weight excluding hydrogens is 494 g/mol. The van der Waals surface area contributed by atoms with Crippen LogP contribution in [0, 0.1) is 13.8 Å². The lowest BCUT2D eigenvalue weighted by molar-refractivity contribution is -0.115. The number of nitrogens with zero attached hydrogens (tertiary/aromatic N) is 3. The maximum absolute atomic E-state index is 13.2. The number of benzene rings is 3. The molecule has 2 heterocycles. The molecule has 0 saturated heterocycles. The quantitative estimate of drug-likeness (QED) is 0.229. The van der Waals surface area contributed by atoms with Crippen LogP contribution in [0.4, 0.5) is 17.1 Å². The van der Waals surface area contributed by atoms with Crippen LogP contribution in [0.1, 0.15) is 56.1 Å². The van der Waals surface area contributed by atoms with Gasteiger partial charge < -0.3 is 15.7 Å². The summed E-state index contributed by atoms with van der Waals surface area (Å²) >= 11 is 0. The van der Waals surface area contributed by atoms with Crippen molar-refractivity contribution in [2.45, 2.75) is 33.2 Å². The molecule has 0 saturated carbocycles. The number of hydrogen-bond donors (Lipinski definition) is 3. The van der Waals surface area contributed by atoms with Crippen LogP contribution in [0.25, 0.3) is 0 Å². The number of hydrogen-bond acceptors (Lipinski definition) is 6. The van der Waals surface area contributed by atoms with Crippen LogP contribution in [0.3, 0.4) is 0 Å². The summed E-state index contributed by atoms with van der Waals surface area (Å²) in [6.07, 6.45) is 1.54. The monoisotopic (exact) mass is 521 g/mol.